The Labute approximate surface area is 273 Å². The van der Waals surface area contributed by atoms with Crippen molar-refractivity contribution in [2.45, 2.75) is 24.9 Å². The van der Waals surface area contributed by atoms with Crippen molar-refractivity contribution in [2.24, 2.45) is 0 Å². The molecular formula is C32H25BrCl2N2O6S. The molecule has 44 heavy (non-hydrogen) atoms. The lowest BCUT2D eigenvalue weighted by atomic mass is 10.1. The number of ether oxygens (including phenoxy) is 1. The molecule has 0 spiro atoms. The molecule has 1 aromatic heterocycles. The fraction of sp³-hybridized carbons (Fsp3) is 0.125. The van der Waals surface area contributed by atoms with Gasteiger partial charge in [-0.15, -0.1) is 0 Å². The molecule has 4 aromatic rings. The van der Waals surface area contributed by atoms with Gasteiger partial charge < -0.3 is 9.15 Å². The zero-order valence-electron chi connectivity index (χ0n) is 23.5. The average molecular weight is 716 g/mol. The SMILES string of the molecule is COC(=O)C1=C(C)N(c2ccc(Br)cc2)C(=O)/C1=C/c1ccc(CN(Cc2ccc(Cl)cc2)S(=O)(=O)c2ccc(Cl)cc2)o1. The number of allylic oxidation sites excluding steroid dienone is 1. The van der Waals surface area contributed by atoms with E-state index in [-0.39, 0.29) is 34.9 Å². The lowest BCUT2D eigenvalue weighted by Crippen LogP contribution is -2.30. The van der Waals surface area contributed by atoms with Crippen LogP contribution >= 0.6 is 39.1 Å². The number of rotatable bonds is 9. The number of hydrogen-bond donors (Lipinski definition) is 0. The molecular weight excluding hydrogens is 691 g/mol. The third-order valence-corrected chi connectivity index (χ3v) is 9.74. The second-order valence-electron chi connectivity index (χ2n) is 9.78. The molecule has 0 radical (unpaired) electrons. The Kier molecular flexibility index (Phi) is 9.48. The second kappa shape index (κ2) is 13.1. The van der Waals surface area contributed by atoms with Gasteiger partial charge >= 0.3 is 5.97 Å². The van der Waals surface area contributed by atoms with Crippen molar-refractivity contribution in [3.63, 3.8) is 0 Å². The topological polar surface area (TPSA) is 97.1 Å². The Hall–Kier alpha value is -3.67. The zero-order valence-corrected chi connectivity index (χ0v) is 27.4. The molecule has 0 N–H and O–H groups in total. The van der Waals surface area contributed by atoms with Crippen LogP contribution in [0.1, 0.15) is 24.0 Å². The molecule has 1 aliphatic rings. The van der Waals surface area contributed by atoms with Gasteiger partial charge in [0.15, 0.2) is 0 Å². The summed E-state index contributed by atoms with van der Waals surface area (Å²) in [6, 6.07) is 23.1. The van der Waals surface area contributed by atoms with Crippen LogP contribution in [-0.2, 0) is 37.4 Å². The van der Waals surface area contributed by atoms with Crippen molar-refractivity contribution in [3.05, 3.63) is 133 Å². The van der Waals surface area contributed by atoms with Gasteiger partial charge in [0, 0.05) is 32.4 Å². The first kappa shape index (κ1) is 31.7. The number of carbonyl (C=O) groups excluding carboxylic acids is 2. The molecule has 3 aromatic carbocycles. The zero-order chi connectivity index (χ0) is 31.6. The van der Waals surface area contributed by atoms with E-state index in [0.29, 0.717) is 32.8 Å². The van der Waals surface area contributed by atoms with Crippen LogP contribution in [0.5, 0.6) is 0 Å². The summed E-state index contributed by atoms with van der Waals surface area (Å²) in [6.45, 7) is 1.58. The van der Waals surface area contributed by atoms with E-state index in [2.05, 4.69) is 15.9 Å². The van der Waals surface area contributed by atoms with E-state index in [1.165, 1.54) is 46.7 Å². The predicted octanol–water partition coefficient (Wildman–Crippen LogP) is 7.62. The van der Waals surface area contributed by atoms with Crippen molar-refractivity contribution >= 4 is 72.8 Å². The Balaban J connectivity index is 1.48. The summed E-state index contributed by atoms with van der Waals surface area (Å²) in [4.78, 5) is 27.9. The number of carbonyl (C=O) groups is 2. The van der Waals surface area contributed by atoms with Crippen molar-refractivity contribution in [2.75, 3.05) is 12.0 Å². The van der Waals surface area contributed by atoms with Crippen LogP contribution in [0, 0.1) is 0 Å². The van der Waals surface area contributed by atoms with Gasteiger partial charge in [0.2, 0.25) is 10.0 Å². The van der Waals surface area contributed by atoms with Gasteiger partial charge in [-0.3, -0.25) is 9.69 Å². The number of hydrogen-bond acceptors (Lipinski definition) is 6. The first-order chi connectivity index (χ1) is 21.0. The number of methoxy groups -OCH3 is 1. The highest BCUT2D eigenvalue weighted by Gasteiger charge is 2.38. The van der Waals surface area contributed by atoms with E-state index in [1.54, 1.807) is 67.6 Å². The number of halogens is 3. The molecule has 0 saturated carbocycles. The fourth-order valence-corrected chi connectivity index (χ4v) is 6.64. The number of anilines is 1. The number of nitrogens with zero attached hydrogens (tertiary/aromatic N) is 2. The maximum atomic E-state index is 13.7. The minimum atomic E-state index is -3.98. The minimum absolute atomic E-state index is 0.0360. The lowest BCUT2D eigenvalue weighted by Gasteiger charge is -2.21. The number of esters is 1. The average Bonchev–Trinajstić information content (AvgIpc) is 3.55. The van der Waals surface area contributed by atoms with Gasteiger partial charge in [-0.2, -0.15) is 4.31 Å². The Morgan fingerprint density at radius 2 is 1.55 bits per heavy atom. The maximum absolute atomic E-state index is 13.7. The largest absolute Gasteiger partial charge is 0.465 e. The molecule has 0 unspecified atom stereocenters. The molecule has 5 rings (SSSR count). The van der Waals surface area contributed by atoms with Gasteiger partial charge in [0.05, 0.1) is 29.7 Å². The third kappa shape index (κ3) is 6.69. The molecule has 0 bridgehead atoms. The second-order valence-corrected chi connectivity index (χ2v) is 13.5. The molecule has 0 fully saturated rings. The van der Waals surface area contributed by atoms with Crippen LogP contribution in [0.15, 0.2) is 116 Å². The lowest BCUT2D eigenvalue weighted by molar-refractivity contribution is -0.136. The molecule has 226 valence electrons. The number of sulfonamides is 1. The molecule has 2 heterocycles. The summed E-state index contributed by atoms with van der Waals surface area (Å²) in [5.74, 6) is -0.529. The summed E-state index contributed by atoms with van der Waals surface area (Å²) in [5.41, 5.74) is 1.89. The van der Waals surface area contributed by atoms with Gasteiger partial charge in [0.1, 0.15) is 11.5 Å². The first-order valence-electron chi connectivity index (χ1n) is 13.2. The summed E-state index contributed by atoms with van der Waals surface area (Å²) in [7, 11) is -2.74. The Bertz CT molecular complexity index is 1880. The standard InChI is InChI=1S/C32H25BrCl2N2O6S/c1-20-30(32(39)42-2)29(31(38)37(20)25-11-5-22(33)6-12-25)17-26-13-14-27(43-26)19-36(18-21-3-7-23(34)8-4-21)44(40,41)28-15-9-24(35)10-16-28/h3-17H,18-19H2,1-2H3/b29-17+. The smallest absolute Gasteiger partial charge is 0.340 e. The van der Waals surface area contributed by atoms with Crippen molar-refractivity contribution in [1.29, 1.82) is 0 Å². The number of furan rings is 1. The minimum Gasteiger partial charge on any atom is -0.465 e. The van der Waals surface area contributed by atoms with E-state index < -0.39 is 21.9 Å². The normalized spacial score (nSPS) is 14.6. The highest BCUT2D eigenvalue weighted by Crippen LogP contribution is 2.36. The summed E-state index contributed by atoms with van der Waals surface area (Å²) in [5, 5.41) is 0.938. The van der Waals surface area contributed by atoms with Gasteiger partial charge in [-0.1, -0.05) is 51.3 Å². The van der Waals surface area contributed by atoms with Crippen LogP contribution < -0.4 is 4.90 Å². The molecule has 8 nitrogen and oxygen atoms in total. The number of amides is 1. The van der Waals surface area contributed by atoms with E-state index in [9.17, 15) is 18.0 Å². The number of benzene rings is 3. The molecule has 1 aliphatic heterocycles. The Morgan fingerprint density at radius 3 is 2.16 bits per heavy atom. The van der Waals surface area contributed by atoms with Crippen LogP contribution in [-0.4, -0.2) is 31.7 Å². The fourth-order valence-electron chi connectivity index (χ4n) is 4.73. The predicted molar refractivity (Wildman–Crippen MR) is 172 cm³/mol. The van der Waals surface area contributed by atoms with E-state index in [0.717, 1.165) is 4.47 Å². The van der Waals surface area contributed by atoms with Crippen molar-refractivity contribution < 1.29 is 27.2 Å². The van der Waals surface area contributed by atoms with E-state index in [1.807, 2.05) is 0 Å². The van der Waals surface area contributed by atoms with E-state index >= 15 is 0 Å². The van der Waals surface area contributed by atoms with Crippen LogP contribution in [0.25, 0.3) is 6.08 Å². The monoisotopic (exact) mass is 714 g/mol. The maximum Gasteiger partial charge on any atom is 0.340 e. The van der Waals surface area contributed by atoms with Gasteiger partial charge in [0.25, 0.3) is 5.91 Å². The highest BCUT2D eigenvalue weighted by atomic mass is 79.9. The quantitative estimate of drug-likeness (QED) is 0.131. The highest BCUT2D eigenvalue weighted by molar-refractivity contribution is 9.10. The Morgan fingerprint density at radius 1 is 0.932 bits per heavy atom. The van der Waals surface area contributed by atoms with Gasteiger partial charge in [-0.05, 0) is 91.4 Å². The molecule has 0 atom stereocenters. The molecule has 0 aliphatic carbocycles. The van der Waals surface area contributed by atoms with Crippen LogP contribution in [0.2, 0.25) is 10.0 Å². The summed E-state index contributed by atoms with van der Waals surface area (Å²) < 4.78 is 40.5. The summed E-state index contributed by atoms with van der Waals surface area (Å²) >= 11 is 15.4. The molecule has 12 heteroatoms. The van der Waals surface area contributed by atoms with Crippen molar-refractivity contribution in [3.8, 4) is 0 Å². The van der Waals surface area contributed by atoms with Gasteiger partial charge in [-0.25, -0.2) is 13.2 Å². The van der Waals surface area contributed by atoms with E-state index in [4.69, 9.17) is 32.4 Å². The summed E-state index contributed by atoms with van der Waals surface area (Å²) in [6.07, 6.45) is 1.46. The third-order valence-electron chi connectivity index (χ3n) is 6.90. The van der Waals surface area contributed by atoms with Crippen LogP contribution in [0.4, 0.5) is 5.69 Å². The van der Waals surface area contributed by atoms with Crippen molar-refractivity contribution in [1.82, 2.24) is 4.31 Å². The molecule has 1 amide bonds. The molecule has 0 saturated heterocycles. The van der Waals surface area contributed by atoms with Crippen LogP contribution in [0.3, 0.4) is 0 Å². The first-order valence-corrected chi connectivity index (χ1v) is 16.2.